The van der Waals surface area contributed by atoms with Gasteiger partial charge in [-0.05, 0) is 13.0 Å². The monoisotopic (exact) mass is 392 g/mol. The van der Waals surface area contributed by atoms with Crippen LogP contribution in [0.15, 0.2) is 53.3 Å². The number of benzene rings is 2. The second-order valence-corrected chi connectivity index (χ2v) is 7.17. The van der Waals surface area contributed by atoms with Gasteiger partial charge in [0.25, 0.3) is 5.56 Å². The first-order valence-corrected chi connectivity index (χ1v) is 9.81. The summed E-state index contributed by atoms with van der Waals surface area (Å²) in [7, 11) is 0. The van der Waals surface area contributed by atoms with Crippen molar-refractivity contribution in [3.8, 4) is 11.3 Å². The molecular weight excluding hydrogens is 368 g/mol. The molecule has 4 rings (SSSR count). The molecule has 0 bridgehead atoms. The second-order valence-electron chi connectivity index (χ2n) is 7.17. The number of nitrogens with zero attached hydrogens (tertiary/aromatic N) is 3. The van der Waals surface area contributed by atoms with Gasteiger partial charge in [-0.15, -0.1) is 0 Å². The van der Waals surface area contributed by atoms with E-state index in [0.717, 1.165) is 22.2 Å². The average Bonchev–Trinajstić information content (AvgIpc) is 2.75. The minimum absolute atomic E-state index is 0.134. The Hall–Kier alpha value is -3.03. The largest absolute Gasteiger partial charge is 0.379 e. The zero-order valence-corrected chi connectivity index (χ0v) is 16.4. The van der Waals surface area contributed by atoms with Crippen molar-refractivity contribution in [1.29, 1.82) is 0 Å². The number of rotatable bonds is 5. The summed E-state index contributed by atoms with van der Waals surface area (Å²) in [6.45, 7) is 4.79. The van der Waals surface area contributed by atoms with Crippen molar-refractivity contribution in [2.45, 2.75) is 19.9 Å². The van der Waals surface area contributed by atoms with Gasteiger partial charge in [0.1, 0.15) is 0 Å². The molecule has 7 heteroatoms. The standard InChI is InChI=1S/C22H24N4O3/c1-16-6-8-17(9-7-16)21-18-4-2-3-5-19(18)22(28)26(24-21)11-10-20(27)23-25-12-14-29-15-13-25/h2-9H,10-15H2,1H3,(H,23,27). The Labute approximate surface area is 168 Å². The third-order valence-electron chi connectivity index (χ3n) is 5.04. The zero-order valence-electron chi connectivity index (χ0n) is 16.4. The third-order valence-corrected chi connectivity index (χ3v) is 5.04. The van der Waals surface area contributed by atoms with Crippen LogP contribution in [0.5, 0.6) is 0 Å². The fourth-order valence-corrected chi connectivity index (χ4v) is 3.43. The van der Waals surface area contributed by atoms with Crippen molar-refractivity contribution in [3.63, 3.8) is 0 Å². The highest BCUT2D eigenvalue weighted by Crippen LogP contribution is 2.24. The van der Waals surface area contributed by atoms with E-state index in [1.54, 1.807) is 6.07 Å². The summed E-state index contributed by atoms with van der Waals surface area (Å²) in [5, 5.41) is 7.88. The molecule has 0 radical (unpaired) electrons. The first-order valence-electron chi connectivity index (χ1n) is 9.81. The maximum Gasteiger partial charge on any atom is 0.274 e. The van der Waals surface area contributed by atoms with E-state index in [2.05, 4.69) is 10.5 Å². The number of aryl methyl sites for hydroxylation is 2. The van der Waals surface area contributed by atoms with E-state index in [0.29, 0.717) is 31.7 Å². The van der Waals surface area contributed by atoms with Gasteiger partial charge in [0.15, 0.2) is 0 Å². The van der Waals surface area contributed by atoms with Crippen LogP contribution in [0.3, 0.4) is 0 Å². The van der Waals surface area contributed by atoms with Gasteiger partial charge >= 0.3 is 0 Å². The molecule has 7 nitrogen and oxygen atoms in total. The molecule has 0 saturated carbocycles. The van der Waals surface area contributed by atoms with Crippen LogP contribution in [0.4, 0.5) is 0 Å². The highest BCUT2D eigenvalue weighted by Gasteiger charge is 2.15. The van der Waals surface area contributed by atoms with Crippen molar-refractivity contribution in [2.24, 2.45) is 0 Å². The number of amides is 1. The molecule has 0 spiro atoms. The summed E-state index contributed by atoms with van der Waals surface area (Å²) in [5.41, 5.74) is 5.53. The number of nitrogens with one attached hydrogen (secondary N) is 1. The lowest BCUT2D eigenvalue weighted by Gasteiger charge is -2.26. The van der Waals surface area contributed by atoms with E-state index in [-0.39, 0.29) is 24.4 Å². The molecule has 1 amide bonds. The van der Waals surface area contributed by atoms with Crippen LogP contribution >= 0.6 is 0 Å². The van der Waals surface area contributed by atoms with Crippen LogP contribution in [-0.4, -0.2) is 47.0 Å². The SMILES string of the molecule is Cc1ccc(-c2nn(CCC(=O)NN3CCOCC3)c(=O)c3ccccc23)cc1. The van der Waals surface area contributed by atoms with Crippen LogP contribution in [0, 0.1) is 6.92 Å². The summed E-state index contributed by atoms with van der Waals surface area (Å²) >= 11 is 0. The lowest BCUT2D eigenvalue weighted by Crippen LogP contribution is -2.48. The zero-order chi connectivity index (χ0) is 20.2. The van der Waals surface area contributed by atoms with E-state index in [1.807, 2.05) is 54.4 Å². The molecule has 1 saturated heterocycles. The number of fused-ring (bicyclic) bond motifs is 1. The number of hydrogen-bond acceptors (Lipinski definition) is 5. The van der Waals surface area contributed by atoms with Gasteiger partial charge in [-0.25, -0.2) is 9.69 Å². The van der Waals surface area contributed by atoms with E-state index in [9.17, 15) is 9.59 Å². The molecule has 0 unspecified atom stereocenters. The van der Waals surface area contributed by atoms with E-state index in [1.165, 1.54) is 4.68 Å². The lowest BCUT2D eigenvalue weighted by molar-refractivity contribution is -0.128. The lowest BCUT2D eigenvalue weighted by atomic mass is 10.0. The summed E-state index contributed by atoms with van der Waals surface area (Å²) in [4.78, 5) is 25.2. The molecule has 2 aromatic carbocycles. The fraction of sp³-hybridized carbons (Fsp3) is 0.318. The summed E-state index contributed by atoms with van der Waals surface area (Å²) in [6.07, 6.45) is 0.177. The molecule has 1 aromatic heterocycles. The molecule has 0 aliphatic carbocycles. The van der Waals surface area contributed by atoms with Gasteiger partial charge < -0.3 is 4.74 Å². The third kappa shape index (κ3) is 4.36. The normalized spacial score (nSPS) is 14.8. The maximum atomic E-state index is 12.9. The van der Waals surface area contributed by atoms with Crippen LogP contribution in [0.2, 0.25) is 0 Å². The molecule has 1 N–H and O–H groups in total. The van der Waals surface area contributed by atoms with E-state index < -0.39 is 0 Å². The quantitative estimate of drug-likeness (QED) is 0.720. The maximum absolute atomic E-state index is 12.9. The molecule has 2 heterocycles. The van der Waals surface area contributed by atoms with Crippen LogP contribution in [0.1, 0.15) is 12.0 Å². The fourth-order valence-electron chi connectivity index (χ4n) is 3.43. The van der Waals surface area contributed by atoms with Crippen molar-refractivity contribution in [2.75, 3.05) is 26.3 Å². The van der Waals surface area contributed by atoms with E-state index in [4.69, 9.17) is 4.74 Å². The number of carbonyl (C=O) groups excluding carboxylic acids is 1. The minimum Gasteiger partial charge on any atom is -0.379 e. The van der Waals surface area contributed by atoms with Gasteiger partial charge in [-0.2, -0.15) is 5.10 Å². The van der Waals surface area contributed by atoms with Crippen molar-refractivity contribution in [3.05, 3.63) is 64.4 Å². The molecule has 1 fully saturated rings. The smallest absolute Gasteiger partial charge is 0.274 e. The number of hydrazine groups is 1. The number of hydrogen-bond donors (Lipinski definition) is 1. The Morgan fingerprint density at radius 3 is 2.48 bits per heavy atom. The van der Waals surface area contributed by atoms with Crippen LogP contribution in [-0.2, 0) is 16.1 Å². The molecule has 1 aliphatic rings. The average molecular weight is 392 g/mol. The molecule has 1 aliphatic heterocycles. The molecule has 29 heavy (non-hydrogen) atoms. The molecular formula is C22H24N4O3. The second kappa shape index (κ2) is 8.55. The number of morpholine rings is 1. The van der Waals surface area contributed by atoms with Crippen LogP contribution in [0.25, 0.3) is 22.0 Å². The Morgan fingerprint density at radius 1 is 1.07 bits per heavy atom. The van der Waals surface area contributed by atoms with Gasteiger partial charge in [-0.1, -0.05) is 48.0 Å². The predicted octanol–water partition coefficient (Wildman–Crippen LogP) is 2.13. The highest BCUT2D eigenvalue weighted by atomic mass is 16.5. The Balaban J connectivity index is 1.60. The number of carbonyl (C=O) groups is 1. The predicted molar refractivity (Wildman–Crippen MR) is 111 cm³/mol. The Bertz CT molecular complexity index is 1070. The van der Waals surface area contributed by atoms with Gasteiger partial charge in [0.2, 0.25) is 5.91 Å². The highest BCUT2D eigenvalue weighted by molar-refractivity contribution is 5.93. The van der Waals surface area contributed by atoms with Crippen molar-refractivity contribution >= 4 is 16.7 Å². The first-order chi connectivity index (χ1) is 14.1. The van der Waals surface area contributed by atoms with Gasteiger partial charge in [0, 0.05) is 30.5 Å². The minimum atomic E-state index is -0.185. The molecule has 150 valence electrons. The van der Waals surface area contributed by atoms with Crippen LogP contribution < -0.4 is 11.0 Å². The number of aromatic nitrogens is 2. The van der Waals surface area contributed by atoms with Gasteiger partial charge in [0.05, 0.1) is 30.8 Å². The number of ether oxygens (including phenoxy) is 1. The summed E-state index contributed by atoms with van der Waals surface area (Å²) in [6, 6.07) is 15.5. The van der Waals surface area contributed by atoms with Crippen molar-refractivity contribution < 1.29 is 9.53 Å². The molecule has 3 aromatic rings. The summed E-state index contributed by atoms with van der Waals surface area (Å²) < 4.78 is 6.68. The topological polar surface area (TPSA) is 76.5 Å². The molecule has 0 atom stereocenters. The van der Waals surface area contributed by atoms with Crippen molar-refractivity contribution in [1.82, 2.24) is 20.2 Å². The Morgan fingerprint density at radius 2 is 1.76 bits per heavy atom. The van der Waals surface area contributed by atoms with E-state index >= 15 is 0 Å². The summed E-state index contributed by atoms with van der Waals surface area (Å²) in [5.74, 6) is -0.134. The first kappa shape index (κ1) is 19.3. The Kier molecular flexibility index (Phi) is 5.69. The van der Waals surface area contributed by atoms with Gasteiger partial charge in [-0.3, -0.25) is 15.0 Å².